The fourth-order valence-electron chi connectivity index (χ4n) is 1.15. The highest BCUT2D eigenvalue weighted by Crippen LogP contribution is 2.11. The van der Waals surface area contributed by atoms with Crippen molar-refractivity contribution in [1.29, 1.82) is 10.5 Å². The fourth-order valence-corrected chi connectivity index (χ4v) is 1.15. The lowest BCUT2D eigenvalue weighted by atomic mass is 10.2. The molecule has 0 spiro atoms. The molecule has 0 saturated heterocycles. The van der Waals surface area contributed by atoms with E-state index in [0.717, 1.165) is 0 Å². The van der Waals surface area contributed by atoms with Crippen molar-refractivity contribution >= 4 is 12.2 Å². The van der Waals surface area contributed by atoms with E-state index < -0.39 is 12.6 Å². The first-order valence-corrected chi connectivity index (χ1v) is 5.35. The van der Waals surface area contributed by atoms with Gasteiger partial charge in [0.25, 0.3) is 0 Å². The summed E-state index contributed by atoms with van der Waals surface area (Å²) in [5, 5.41) is 25.8. The predicted molar refractivity (Wildman–Crippen MR) is 69.6 cm³/mol. The van der Waals surface area contributed by atoms with Crippen molar-refractivity contribution in [3.63, 3.8) is 0 Å². The molecule has 0 saturated carbocycles. The van der Waals surface area contributed by atoms with E-state index >= 15 is 0 Å². The topological polar surface area (TPSA) is 132 Å². The Kier molecular flexibility index (Phi) is 5.30. The number of ether oxygens (including phenoxy) is 1. The van der Waals surface area contributed by atoms with Gasteiger partial charge in [-0.2, -0.15) is 10.5 Å². The third-order valence-electron chi connectivity index (χ3n) is 2.07. The number of nitrogens with zero attached hydrogens (tertiary/aromatic N) is 3. The summed E-state index contributed by atoms with van der Waals surface area (Å²) >= 11 is 0. The van der Waals surface area contributed by atoms with Gasteiger partial charge in [-0.1, -0.05) is 0 Å². The molecule has 0 aromatic heterocycles. The van der Waals surface area contributed by atoms with Crippen LogP contribution in [-0.2, 0) is 4.79 Å². The monoisotopic (exact) mass is 270 g/mol. The maximum Gasteiger partial charge on any atom is 0.341 e. The summed E-state index contributed by atoms with van der Waals surface area (Å²) in [5.41, 5.74) is 5.51. The standard InChI is InChI=1S/C13H10N4O3/c14-5-11(16)12(6-15)17-7-9-1-3-10(4-2-9)20-8-13(18)19/h1-4,7H,8,16H2,(H,18,19). The van der Waals surface area contributed by atoms with Crippen LogP contribution in [-0.4, -0.2) is 23.9 Å². The molecule has 0 atom stereocenters. The van der Waals surface area contributed by atoms with Crippen molar-refractivity contribution in [2.24, 2.45) is 10.7 Å². The van der Waals surface area contributed by atoms with Gasteiger partial charge < -0.3 is 15.6 Å². The zero-order valence-electron chi connectivity index (χ0n) is 10.3. The molecule has 0 amide bonds. The number of rotatable bonds is 5. The Labute approximate surface area is 114 Å². The summed E-state index contributed by atoms with van der Waals surface area (Å²) < 4.78 is 4.96. The van der Waals surface area contributed by atoms with E-state index in [0.29, 0.717) is 11.3 Å². The molecule has 7 nitrogen and oxygen atoms in total. The molecule has 0 bridgehead atoms. The first kappa shape index (κ1) is 14.7. The SMILES string of the molecule is N#CC(N)=C(C#N)N=Cc1ccc(OCC(=O)O)cc1. The highest BCUT2D eigenvalue weighted by Gasteiger charge is 2.00. The second-order valence-electron chi connectivity index (χ2n) is 3.50. The van der Waals surface area contributed by atoms with E-state index in [4.69, 9.17) is 26.1 Å². The van der Waals surface area contributed by atoms with Crippen LogP contribution in [0.4, 0.5) is 0 Å². The molecule has 0 unspecified atom stereocenters. The summed E-state index contributed by atoms with van der Waals surface area (Å²) in [6, 6.07) is 9.72. The summed E-state index contributed by atoms with van der Waals surface area (Å²) in [6.45, 7) is -0.423. The molecule has 0 fully saturated rings. The minimum absolute atomic E-state index is 0.168. The van der Waals surface area contributed by atoms with Crippen LogP contribution in [0.5, 0.6) is 5.75 Å². The van der Waals surface area contributed by atoms with Crippen molar-refractivity contribution in [3.8, 4) is 17.9 Å². The Morgan fingerprint density at radius 2 is 2.00 bits per heavy atom. The van der Waals surface area contributed by atoms with Gasteiger partial charge in [0.05, 0.1) is 0 Å². The zero-order chi connectivity index (χ0) is 15.0. The van der Waals surface area contributed by atoms with Gasteiger partial charge in [0.2, 0.25) is 0 Å². The van der Waals surface area contributed by atoms with E-state index in [2.05, 4.69) is 4.99 Å². The van der Waals surface area contributed by atoms with E-state index in [9.17, 15) is 4.79 Å². The average molecular weight is 270 g/mol. The van der Waals surface area contributed by atoms with Crippen LogP contribution in [0.1, 0.15) is 5.56 Å². The van der Waals surface area contributed by atoms with Gasteiger partial charge in [-0.25, -0.2) is 9.79 Å². The summed E-state index contributed by atoms with van der Waals surface area (Å²) in [4.78, 5) is 14.1. The zero-order valence-corrected chi connectivity index (χ0v) is 10.3. The molecule has 1 aromatic carbocycles. The van der Waals surface area contributed by atoms with Crippen molar-refractivity contribution in [2.45, 2.75) is 0 Å². The number of benzene rings is 1. The van der Waals surface area contributed by atoms with Crippen LogP contribution in [0.3, 0.4) is 0 Å². The minimum atomic E-state index is -1.06. The molecular formula is C13H10N4O3. The quantitative estimate of drug-likeness (QED) is 0.600. The first-order valence-electron chi connectivity index (χ1n) is 5.35. The van der Waals surface area contributed by atoms with Crippen LogP contribution in [0.25, 0.3) is 0 Å². The normalized spacial score (nSPS) is 11.3. The number of nitrogens with two attached hydrogens (primary N) is 1. The lowest BCUT2D eigenvalue weighted by Crippen LogP contribution is -2.09. The molecule has 20 heavy (non-hydrogen) atoms. The Hall–Kier alpha value is -3.32. The van der Waals surface area contributed by atoms with E-state index in [-0.39, 0.29) is 11.4 Å². The summed E-state index contributed by atoms with van der Waals surface area (Å²) in [7, 11) is 0. The van der Waals surface area contributed by atoms with Gasteiger partial charge in [-0.15, -0.1) is 0 Å². The summed E-state index contributed by atoms with van der Waals surface area (Å²) in [5.74, 6) is -0.663. The molecule has 0 aliphatic carbocycles. The Balaban J connectivity index is 2.78. The van der Waals surface area contributed by atoms with Gasteiger partial charge in [0, 0.05) is 6.21 Å². The molecule has 7 heteroatoms. The molecule has 1 rings (SSSR count). The van der Waals surface area contributed by atoms with Crippen molar-refractivity contribution < 1.29 is 14.6 Å². The number of aliphatic carboxylic acids is 1. The van der Waals surface area contributed by atoms with Crippen LogP contribution < -0.4 is 10.5 Å². The number of carbonyl (C=O) groups is 1. The van der Waals surface area contributed by atoms with Crippen LogP contribution in [0.2, 0.25) is 0 Å². The van der Waals surface area contributed by atoms with Crippen LogP contribution in [0, 0.1) is 22.7 Å². The van der Waals surface area contributed by atoms with Gasteiger partial charge in [-0.05, 0) is 29.8 Å². The van der Waals surface area contributed by atoms with Gasteiger partial charge >= 0.3 is 5.97 Å². The highest BCUT2D eigenvalue weighted by molar-refractivity contribution is 5.81. The fraction of sp³-hybridized carbons (Fsp3) is 0.0769. The molecular weight excluding hydrogens is 260 g/mol. The predicted octanol–water partition coefficient (Wildman–Crippen LogP) is 0.786. The molecule has 0 aliphatic heterocycles. The van der Waals surface area contributed by atoms with Crippen LogP contribution >= 0.6 is 0 Å². The maximum absolute atomic E-state index is 10.3. The lowest BCUT2D eigenvalue weighted by molar-refractivity contribution is -0.139. The number of aliphatic imine (C=N–C) groups is 1. The molecule has 3 N–H and O–H groups in total. The Bertz CT molecular complexity index is 633. The van der Waals surface area contributed by atoms with Crippen molar-refractivity contribution in [3.05, 3.63) is 41.2 Å². The number of hydrogen-bond donors (Lipinski definition) is 2. The first-order chi connectivity index (χ1) is 9.56. The Morgan fingerprint density at radius 1 is 1.35 bits per heavy atom. The number of nitriles is 2. The number of hydrogen-bond acceptors (Lipinski definition) is 6. The van der Waals surface area contributed by atoms with Crippen molar-refractivity contribution in [2.75, 3.05) is 6.61 Å². The smallest absolute Gasteiger partial charge is 0.341 e. The number of carboxylic acid groups (broad SMARTS) is 1. The lowest BCUT2D eigenvalue weighted by Gasteiger charge is -2.02. The Morgan fingerprint density at radius 3 is 2.50 bits per heavy atom. The van der Waals surface area contributed by atoms with Crippen LogP contribution in [0.15, 0.2) is 40.7 Å². The average Bonchev–Trinajstić information content (AvgIpc) is 2.46. The van der Waals surface area contributed by atoms with Gasteiger partial charge in [0.1, 0.15) is 23.6 Å². The second kappa shape index (κ2) is 7.19. The molecule has 1 aromatic rings. The largest absolute Gasteiger partial charge is 0.482 e. The third kappa shape index (κ3) is 4.51. The molecule has 100 valence electrons. The highest BCUT2D eigenvalue weighted by atomic mass is 16.5. The summed E-state index contributed by atoms with van der Waals surface area (Å²) in [6.07, 6.45) is 1.36. The molecule has 0 radical (unpaired) electrons. The van der Waals surface area contributed by atoms with E-state index in [1.54, 1.807) is 36.4 Å². The van der Waals surface area contributed by atoms with Crippen molar-refractivity contribution in [1.82, 2.24) is 0 Å². The van der Waals surface area contributed by atoms with Gasteiger partial charge in [0.15, 0.2) is 12.3 Å². The maximum atomic E-state index is 10.3. The van der Waals surface area contributed by atoms with Gasteiger partial charge in [-0.3, -0.25) is 0 Å². The van der Waals surface area contributed by atoms with E-state index in [1.807, 2.05) is 0 Å². The molecule has 0 aliphatic rings. The minimum Gasteiger partial charge on any atom is -0.482 e. The second-order valence-corrected chi connectivity index (χ2v) is 3.50. The number of carboxylic acids is 1. The molecule has 0 heterocycles. The number of allylic oxidation sites excluding steroid dienone is 2. The van der Waals surface area contributed by atoms with E-state index in [1.165, 1.54) is 6.21 Å². The third-order valence-corrected chi connectivity index (χ3v) is 2.07.